The number of carbonyl (C=O) groups is 1. The predicted molar refractivity (Wildman–Crippen MR) is 83.4 cm³/mol. The Morgan fingerprint density at radius 2 is 1.95 bits per heavy atom. The summed E-state index contributed by atoms with van der Waals surface area (Å²) in [5.74, 6) is 0.476. The molecule has 0 saturated carbocycles. The van der Waals surface area contributed by atoms with Gasteiger partial charge in [-0.25, -0.2) is 0 Å². The Hall–Kier alpha value is -1.59. The first-order chi connectivity index (χ1) is 10.0. The molecule has 0 aromatic heterocycles. The molecule has 1 aromatic carbocycles. The molecule has 0 aliphatic heterocycles. The molecule has 21 heavy (non-hydrogen) atoms. The zero-order valence-corrected chi connectivity index (χ0v) is 13.2. The lowest BCUT2D eigenvalue weighted by molar-refractivity contribution is -0.144. The highest BCUT2D eigenvalue weighted by Crippen LogP contribution is 2.13. The molecule has 5 heteroatoms. The van der Waals surface area contributed by atoms with Gasteiger partial charge in [0, 0.05) is 6.54 Å². The van der Waals surface area contributed by atoms with Crippen molar-refractivity contribution >= 4 is 5.97 Å². The van der Waals surface area contributed by atoms with E-state index in [2.05, 4.69) is 4.90 Å². The van der Waals surface area contributed by atoms with Crippen molar-refractivity contribution in [2.24, 2.45) is 5.73 Å². The van der Waals surface area contributed by atoms with E-state index in [1.54, 1.807) is 6.92 Å². The van der Waals surface area contributed by atoms with E-state index < -0.39 is 6.04 Å². The minimum atomic E-state index is -0.614. The molecule has 0 aliphatic carbocycles. The van der Waals surface area contributed by atoms with Crippen molar-refractivity contribution in [3.63, 3.8) is 0 Å². The molecule has 2 N–H and O–H groups in total. The van der Waals surface area contributed by atoms with Gasteiger partial charge in [-0.05, 0) is 51.6 Å². The zero-order chi connectivity index (χ0) is 15.7. The van der Waals surface area contributed by atoms with E-state index in [9.17, 15) is 4.79 Å². The van der Waals surface area contributed by atoms with Gasteiger partial charge in [0.05, 0.1) is 13.2 Å². The van der Waals surface area contributed by atoms with Gasteiger partial charge in [0.25, 0.3) is 0 Å². The summed E-state index contributed by atoms with van der Waals surface area (Å²) in [6, 6.07) is 7.06. The fourth-order valence-corrected chi connectivity index (χ4v) is 1.88. The van der Waals surface area contributed by atoms with Crippen LogP contribution in [-0.2, 0) is 16.0 Å². The summed E-state index contributed by atoms with van der Waals surface area (Å²) in [6.45, 7) is 3.83. The first-order valence-corrected chi connectivity index (χ1v) is 7.31. The van der Waals surface area contributed by atoms with Gasteiger partial charge in [0.1, 0.15) is 11.8 Å². The third kappa shape index (κ3) is 7.11. The average molecular weight is 294 g/mol. The van der Waals surface area contributed by atoms with Gasteiger partial charge in [-0.15, -0.1) is 0 Å². The summed E-state index contributed by atoms with van der Waals surface area (Å²) in [7, 11) is 4.09. The van der Waals surface area contributed by atoms with E-state index in [1.165, 1.54) is 0 Å². The SMILES string of the molecule is CCOC(=O)C(N)Cc1ccc(OCCCN(C)C)cc1. The van der Waals surface area contributed by atoms with Crippen molar-refractivity contribution in [2.45, 2.75) is 25.8 Å². The highest BCUT2D eigenvalue weighted by Gasteiger charge is 2.14. The summed E-state index contributed by atoms with van der Waals surface area (Å²) in [5.41, 5.74) is 6.79. The normalized spacial score (nSPS) is 12.2. The molecule has 1 aromatic rings. The van der Waals surface area contributed by atoms with Crippen LogP contribution in [0.2, 0.25) is 0 Å². The Balaban J connectivity index is 2.38. The maximum Gasteiger partial charge on any atom is 0.323 e. The highest BCUT2D eigenvalue weighted by atomic mass is 16.5. The van der Waals surface area contributed by atoms with E-state index >= 15 is 0 Å². The number of rotatable bonds is 9. The molecule has 0 fully saturated rings. The van der Waals surface area contributed by atoms with E-state index in [0.717, 1.165) is 24.3 Å². The Morgan fingerprint density at radius 1 is 1.29 bits per heavy atom. The lowest BCUT2D eigenvalue weighted by atomic mass is 10.1. The standard InChI is InChI=1S/C16H26N2O3/c1-4-20-16(19)15(17)12-13-6-8-14(9-7-13)21-11-5-10-18(2)3/h6-9,15H,4-5,10-12,17H2,1-3H3. The Bertz CT molecular complexity index is 418. The molecule has 0 spiro atoms. The van der Waals surface area contributed by atoms with Crippen LogP contribution in [0.3, 0.4) is 0 Å². The summed E-state index contributed by atoms with van der Waals surface area (Å²) in [4.78, 5) is 13.6. The number of hydrogen-bond donors (Lipinski definition) is 1. The molecular weight excluding hydrogens is 268 g/mol. The van der Waals surface area contributed by atoms with Crippen LogP contribution >= 0.6 is 0 Å². The number of carbonyl (C=O) groups excluding carboxylic acids is 1. The molecule has 0 aliphatic rings. The first-order valence-electron chi connectivity index (χ1n) is 7.31. The maximum absolute atomic E-state index is 11.5. The van der Waals surface area contributed by atoms with Crippen LogP contribution in [0.15, 0.2) is 24.3 Å². The van der Waals surface area contributed by atoms with Crippen LogP contribution in [0.25, 0.3) is 0 Å². The van der Waals surface area contributed by atoms with Crippen molar-refractivity contribution < 1.29 is 14.3 Å². The number of ether oxygens (including phenoxy) is 2. The number of benzene rings is 1. The fraction of sp³-hybridized carbons (Fsp3) is 0.562. The van der Waals surface area contributed by atoms with Gasteiger partial charge in [-0.3, -0.25) is 4.79 Å². The van der Waals surface area contributed by atoms with Gasteiger partial charge >= 0.3 is 5.97 Å². The first kappa shape index (κ1) is 17.5. The lowest BCUT2D eigenvalue weighted by Gasteiger charge is -2.12. The van der Waals surface area contributed by atoms with Crippen LogP contribution in [-0.4, -0.2) is 50.8 Å². The molecule has 118 valence electrons. The summed E-state index contributed by atoms with van der Waals surface area (Å²) in [6.07, 6.45) is 1.46. The topological polar surface area (TPSA) is 64.8 Å². The molecule has 0 bridgehead atoms. The molecule has 0 radical (unpaired) electrons. The monoisotopic (exact) mass is 294 g/mol. The second kappa shape index (κ2) is 9.37. The minimum Gasteiger partial charge on any atom is -0.494 e. The van der Waals surface area contributed by atoms with Crippen molar-refractivity contribution in [2.75, 3.05) is 33.9 Å². The summed E-state index contributed by atoms with van der Waals surface area (Å²) in [5, 5.41) is 0. The number of hydrogen-bond acceptors (Lipinski definition) is 5. The van der Waals surface area contributed by atoms with Gasteiger partial charge in [0.2, 0.25) is 0 Å². The highest BCUT2D eigenvalue weighted by molar-refractivity contribution is 5.75. The lowest BCUT2D eigenvalue weighted by Crippen LogP contribution is -2.34. The fourth-order valence-electron chi connectivity index (χ4n) is 1.88. The Kier molecular flexibility index (Phi) is 7.79. The van der Waals surface area contributed by atoms with E-state index in [4.69, 9.17) is 15.2 Å². The second-order valence-corrected chi connectivity index (χ2v) is 5.21. The molecule has 0 saturated heterocycles. The van der Waals surface area contributed by atoms with Gasteiger partial charge in [-0.1, -0.05) is 12.1 Å². The van der Waals surface area contributed by atoms with Crippen LogP contribution < -0.4 is 10.5 Å². The summed E-state index contributed by atoms with van der Waals surface area (Å²) < 4.78 is 10.5. The van der Waals surface area contributed by atoms with Crippen molar-refractivity contribution in [3.05, 3.63) is 29.8 Å². The van der Waals surface area contributed by atoms with Gasteiger partial charge < -0.3 is 20.1 Å². The van der Waals surface area contributed by atoms with Crippen LogP contribution in [0.1, 0.15) is 18.9 Å². The second-order valence-electron chi connectivity index (χ2n) is 5.21. The Labute approximate surface area is 127 Å². The van der Waals surface area contributed by atoms with Crippen molar-refractivity contribution in [3.8, 4) is 5.75 Å². The quantitative estimate of drug-likeness (QED) is 0.551. The van der Waals surface area contributed by atoms with Gasteiger partial charge in [0.15, 0.2) is 0 Å². The zero-order valence-electron chi connectivity index (χ0n) is 13.2. The van der Waals surface area contributed by atoms with Crippen LogP contribution in [0, 0.1) is 0 Å². The van der Waals surface area contributed by atoms with Crippen LogP contribution in [0.4, 0.5) is 0 Å². The summed E-state index contributed by atoms with van der Waals surface area (Å²) >= 11 is 0. The molecule has 1 rings (SSSR count). The average Bonchev–Trinajstić information content (AvgIpc) is 2.45. The molecular formula is C16H26N2O3. The Morgan fingerprint density at radius 3 is 2.52 bits per heavy atom. The molecule has 5 nitrogen and oxygen atoms in total. The van der Waals surface area contributed by atoms with E-state index in [0.29, 0.717) is 19.6 Å². The maximum atomic E-state index is 11.5. The largest absolute Gasteiger partial charge is 0.494 e. The van der Waals surface area contributed by atoms with Crippen molar-refractivity contribution in [1.29, 1.82) is 0 Å². The van der Waals surface area contributed by atoms with Gasteiger partial charge in [-0.2, -0.15) is 0 Å². The number of nitrogens with zero attached hydrogens (tertiary/aromatic N) is 1. The molecule has 0 amide bonds. The van der Waals surface area contributed by atoms with Crippen LogP contribution in [0.5, 0.6) is 5.75 Å². The molecule has 1 atom stereocenters. The number of esters is 1. The third-order valence-corrected chi connectivity index (χ3v) is 2.99. The molecule has 0 heterocycles. The third-order valence-electron chi connectivity index (χ3n) is 2.99. The van der Waals surface area contributed by atoms with E-state index in [-0.39, 0.29) is 5.97 Å². The van der Waals surface area contributed by atoms with Crippen molar-refractivity contribution in [1.82, 2.24) is 4.90 Å². The predicted octanol–water partition coefficient (Wildman–Crippen LogP) is 1.45. The van der Waals surface area contributed by atoms with E-state index in [1.807, 2.05) is 38.4 Å². The minimum absolute atomic E-state index is 0.353. The smallest absolute Gasteiger partial charge is 0.323 e. The molecule has 1 unspecified atom stereocenters. The number of nitrogens with two attached hydrogens (primary N) is 1.